The van der Waals surface area contributed by atoms with Crippen LogP contribution in [-0.2, 0) is 0 Å². The average Bonchev–Trinajstić information content (AvgIpc) is 1.35. The molecule has 0 amide bonds. The van der Waals surface area contributed by atoms with Crippen molar-refractivity contribution in [1.29, 1.82) is 0 Å². The Morgan fingerprint density at radius 2 is 2.00 bits per heavy atom. The Hall–Kier alpha value is 0.503. The van der Waals surface area contributed by atoms with Crippen LogP contribution in [0.5, 0.6) is 0 Å². The molecule has 0 bridgehead atoms. The molecule has 38 valence electrons. The summed E-state index contributed by atoms with van der Waals surface area (Å²) in [5, 5.41) is 1.44. The van der Waals surface area contributed by atoms with Gasteiger partial charge in [-0.05, 0) is 0 Å². The fourth-order valence-electron chi connectivity index (χ4n) is 0.447. The van der Waals surface area contributed by atoms with Crippen LogP contribution in [-0.4, -0.2) is 42.1 Å². The van der Waals surface area contributed by atoms with Crippen molar-refractivity contribution < 1.29 is 0 Å². The van der Waals surface area contributed by atoms with Gasteiger partial charge in [0.05, 0.1) is 0 Å². The van der Waals surface area contributed by atoms with Gasteiger partial charge in [-0.1, -0.05) is 0 Å². The van der Waals surface area contributed by atoms with E-state index in [0.717, 1.165) is 16.5 Å². The molecule has 2 heteroatoms. The van der Waals surface area contributed by atoms with E-state index in [9.17, 15) is 0 Å². The quantitative estimate of drug-likeness (QED) is 0.469. The van der Waals surface area contributed by atoms with E-state index in [1.165, 1.54) is 11.8 Å². The van der Waals surface area contributed by atoms with Gasteiger partial charge >= 0.3 is 47.3 Å². The summed E-state index contributed by atoms with van der Waals surface area (Å²) in [7, 11) is 4.23. The number of nitrogens with zero attached hydrogens (tertiary/aromatic N) is 1. The van der Waals surface area contributed by atoms with Gasteiger partial charge in [-0.25, -0.2) is 0 Å². The standard InChI is InChI=1S/C4H13GeN/c1-6(2)4-3-5/h3-4H2,1-2,5H3. The van der Waals surface area contributed by atoms with Crippen LogP contribution < -0.4 is 0 Å². The van der Waals surface area contributed by atoms with Crippen LogP contribution in [0.2, 0.25) is 5.25 Å². The summed E-state index contributed by atoms with van der Waals surface area (Å²) in [6.07, 6.45) is 0. The molecule has 0 aliphatic carbocycles. The molecule has 1 nitrogen and oxygen atoms in total. The molecule has 0 aliphatic heterocycles. The molecule has 0 N–H and O–H groups in total. The summed E-state index contributed by atoms with van der Waals surface area (Å²) in [6.45, 7) is 1.29. The molecule has 0 aromatic rings. The Kier molecular flexibility index (Phi) is 3.99. The van der Waals surface area contributed by atoms with Gasteiger partial charge < -0.3 is 0 Å². The van der Waals surface area contributed by atoms with E-state index in [1.54, 1.807) is 0 Å². The minimum atomic E-state index is 1.05. The molecule has 0 aliphatic rings. The second kappa shape index (κ2) is 3.68. The second-order valence-corrected chi connectivity index (χ2v) is 3.90. The van der Waals surface area contributed by atoms with E-state index in [-0.39, 0.29) is 0 Å². The zero-order chi connectivity index (χ0) is 4.99. The molecule has 0 spiro atoms. The van der Waals surface area contributed by atoms with Gasteiger partial charge in [-0.2, -0.15) is 0 Å². The summed E-state index contributed by atoms with van der Waals surface area (Å²) in [5.41, 5.74) is 0. The van der Waals surface area contributed by atoms with Crippen molar-refractivity contribution >= 4 is 16.5 Å². The first kappa shape index (κ1) is 6.50. The predicted octanol–water partition coefficient (Wildman–Crippen LogP) is -0.668. The Bertz CT molecular complexity index is 28.7. The zero-order valence-corrected chi connectivity index (χ0v) is 9.06. The van der Waals surface area contributed by atoms with Crippen LogP contribution >= 0.6 is 0 Å². The normalized spacial score (nSPS) is 10.5. The number of rotatable bonds is 2. The molecule has 0 unspecified atom stereocenters. The first-order valence-corrected chi connectivity index (χ1v) is 5.38. The Morgan fingerprint density at radius 3 is 2.00 bits per heavy atom. The Balaban J connectivity index is 2.63. The summed E-state index contributed by atoms with van der Waals surface area (Å²) in [5.74, 6) is 0. The summed E-state index contributed by atoms with van der Waals surface area (Å²) < 4.78 is 0. The topological polar surface area (TPSA) is 3.24 Å². The molecule has 0 aromatic carbocycles. The van der Waals surface area contributed by atoms with Crippen LogP contribution in [0.15, 0.2) is 0 Å². The first-order valence-electron chi connectivity index (χ1n) is 2.42. The monoisotopic (exact) mass is 149 g/mol. The van der Waals surface area contributed by atoms with E-state index in [2.05, 4.69) is 19.0 Å². The molecule has 0 saturated heterocycles. The van der Waals surface area contributed by atoms with Gasteiger partial charge in [0, 0.05) is 0 Å². The molecule has 0 atom stereocenters. The zero-order valence-electron chi connectivity index (χ0n) is 4.86. The van der Waals surface area contributed by atoms with Crippen LogP contribution in [0.25, 0.3) is 0 Å². The van der Waals surface area contributed by atoms with Gasteiger partial charge in [0.2, 0.25) is 0 Å². The van der Waals surface area contributed by atoms with Crippen molar-refractivity contribution in [2.24, 2.45) is 0 Å². The van der Waals surface area contributed by atoms with Gasteiger partial charge in [0.15, 0.2) is 0 Å². The minimum absolute atomic E-state index is 1.05. The number of hydrogen-bond acceptors (Lipinski definition) is 1. The van der Waals surface area contributed by atoms with E-state index in [0.29, 0.717) is 0 Å². The molecular formula is C4H13GeN. The van der Waals surface area contributed by atoms with Gasteiger partial charge in [0.25, 0.3) is 0 Å². The van der Waals surface area contributed by atoms with E-state index >= 15 is 0 Å². The molecule has 6 heavy (non-hydrogen) atoms. The van der Waals surface area contributed by atoms with Gasteiger partial charge in [0.1, 0.15) is 0 Å². The third kappa shape index (κ3) is 4.50. The molecule has 0 saturated carbocycles. The first-order chi connectivity index (χ1) is 2.77. The Labute approximate surface area is 47.9 Å². The fraction of sp³-hybridized carbons (Fsp3) is 1.00. The second-order valence-electron chi connectivity index (χ2n) is 1.80. The van der Waals surface area contributed by atoms with Crippen LogP contribution in [0.3, 0.4) is 0 Å². The van der Waals surface area contributed by atoms with Crippen LogP contribution in [0, 0.1) is 0 Å². The van der Waals surface area contributed by atoms with Crippen molar-refractivity contribution in [1.82, 2.24) is 4.90 Å². The van der Waals surface area contributed by atoms with Crippen LogP contribution in [0.1, 0.15) is 0 Å². The molecule has 0 fully saturated rings. The Morgan fingerprint density at radius 1 is 1.50 bits per heavy atom. The van der Waals surface area contributed by atoms with Crippen LogP contribution in [0.4, 0.5) is 0 Å². The van der Waals surface area contributed by atoms with E-state index in [1.807, 2.05) is 0 Å². The summed E-state index contributed by atoms with van der Waals surface area (Å²) in [6, 6.07) is 0. The van der Waals surface area contributed by atoms with Gasteiger partial charge in [-0.3, -0.25) is 0 Å². The van der Waals surface area contributed by atoms with Crippen molar-refractivity contribution in [3.8, 4) is 0 Å². The molecule has 0 heterocycles. The maximum atomic E-state index is 2.23. The predicted molar refractivity (Wildman–Crippen MR) is 33.3 cm³/mol. The third-order valence-electron chi connectivity index (χ3n) is 0.671. The van der Waals surface area contributed by atoms with Gasteiger partial charge in [-0.15, -0.1) is 0 Å². The molecule has 0 rings (SSSR count). The third-order valence-corrected chi connectivity index (χ3v) is 1.61. The van der Waals surface area contributed by atoms with Crippen molar-refractivity contribution in [3.63, 3.8) is 0 Å². The summed E-state index contributed by atoms with van der Waals surface area (Å²) in [4.78, 5) is 2.23. The molecule has 0 radical (unpaired) electrons. The van der Waals surface area contributed by atoms with Crippen molar-refractivity contribution in [2.45, 2.75) is 5.25 Å². The fourth-order valence-corrected chi connectivity index (χ4v) is 2.32. The molecular weight excluding hydrogens is 135 g/mol. The van der Waals surface area contributed by atoms with E-state index < -0.39 is 0 Å². The van der Waals surface area contributed by atoms with Crippen molar-refractivity contribution in [3.05, 3.63) is 0 Å². The molecule has 0 aromatic heterocycles. The van der Waals surface area contributed by atoms with E-state index in [4.69, 9.17) is 0 Å². The SMILES string of the molecule is CN(C)C[CH2][GeH3]. The summed E-state index contributed by atoms with van der Waals surface area (Å²) >= 11 is 1.05. The number of hydrogen-bond donors (Lipinski definition) is 0. The maximum absolute atomic E-state index is 2.23. The van der Waals surface area contributed by atoms with Crippen molar-refractivity contribution in [2.75, 3.05) is 20.6 Å². The average molecular weight is 148 g/mol.